The maximum absolute atomic E-state index is 3.59. The van der Waals surface area contributed by atoms with Gasteiger partial charge in [0.05, 0.1) is 5.52 Å². The number of nitrogens with zero attached hydrogens (tertiary/aromatic N) is 2. The van der Waals surface area contributed by atoms with Crippen LogP contribution in [0.25, 0.3) is 10.9 Å². The highest BCUT2D eigenvalue weighted by molar-refractivity contribution is 5.87. The van der Waals surface area contributed by atoms with Crippen molar-refractivity contribution in [3.8, 4) is 0 Å². The van der Waals surface area contributed by atoms with Crippen molar-refractivity contribution in [3.05, 3.63) is 35.0 Å². The Morgan fingerprint density at radius 3 is 2.64 bits per heavy atom. The van der Waals surface area contributed by atoms with Crippen LogP contribution in [0.15, 0.2) is 18.2 Å². The maximum atomic E-state index is 3.59. The SMILES string of the molecule is Cc1[nH]c2c(CN3CC(N4CCCCC4)C3)cccc2c1C. The Bertz CT molecular complexity index is 661. The fourth-order valence-corrected chi connectivity index (χ4v) is 4.10. The molecule has 0 saturated carbocycles. The predicted molar refractivity (Wildman–Crippen MR) is 92.3 cm³/mol. The lowest BCUT2D eigenvalue weighted by Gasteiger charge is -2.46. The van der Waals surface area contributed by atoms with Crippen molar-refractivity contribution in [1.29, 1.82) is 0 Å². The van der Waals surface area contributed by atoms with Crippen molar-refractivity contribution in [2.75, 3.05) is 26.2 Å². The van der Waals surface area contributed by atoms with Crippen LogP contribution in [0.4, 0.5) is 0 Å². The minimum Gasteiger partial charge on any atom is -0.358 e. The highest BCUT2D eigenvalue weighted by Gasteiger charge is 2.32. The molecule has 0 aliphatic carbocycles. The van der Waals surface area contributed by atoms with Gasteiger partial charge in [0.25, 0.3) is 0 Å². The fraction of sp³-hybridized carbons (Fsp3) is 0.579. The maximum Gasteiger partial charge on any atom is 0.0504 e. The molecule has 1 aromatic carbocycles. The third-order valence-corrected chi connectivity index (χ3v) is 5.67. The van der Waals surface area contributed by atoms with Gasteiger partial charge in [-0.15, -0.1) is 0 Å². The number of hydrogen-bond acceptors (Lipinski definition) is 2. The molecule has 2 fully saturated rings. The van der Waals surface area contributed by atoms with Gasteiger partial charge in [-0.05, 0) is 50.9 Å². The minimum atomic E-state index is 0.812. The van der Waals surface area contributed by atoms with Gasteiger partial charge in [-0.3, -0.25) is 9.80 Å². The minimum absolute atomic E-state index is 0.812. The Labute approximate surface area is 133 Å². The van der Waals surface area contributed by atoms with E-state index in [0.29, 0.717) is 0 Å². The van der Waals surface area contributed by atoms with Gasteiger partial charge in [-0.1, -0.05) is 24.6 Å². The number of piperidine rings is 1. The van der Waals surface area contributed by atoms with Crippen molar-refractivity contribution in [2.45, 2.75) is 45.7 Å². The van der Waals surface area contributed by atoms with Crippen LogP contribution in [-0.4, -0.2) is 47.0 Å². The Kier molecular flexibility index (Phi) is 3.71. The first-order valence-corrected chi connectivity index (χ1v) is 8.75. The van der Waals surface area contributed by atoms with Crippen molar-refractivity contribution < 1.29 is 0 Å². The third-order valence-electron chi connectivity index (χ3n) is 5.67. The summed E-state index contributed by atoms with van der Waals surface area (Å²) in [6.45, 7) is 10.6. The van der Waals surface area contributed by atoms with Gasteiger partial charge < -0.3 is 4.98 Å². The first-order chi connectivity index (χ1) is 10.7. The van der Waals surface area contributed by atoms with E-state index in [1.807, 2.05) is 0 Å². The number of H-pyrrole nitrogens is 1. The Hall–Kier alpha value is -1.32. The Morgan fingerprint density at radius 1 is 1.09 bits per heavy atom. The zero-order valence-corrected chi connectivity index (χ0v) is 13.9. The van der Waals surface area contributed by atoms with E-state index in [-0.39, 0.29) is 0 Å². The summed E-state index contributed by atoms with van der Waals surface area (Å²) in [4.78, 5) is 8.89. The molecule has 4 rings (SSSR count). The first kappa shape index (κ1) is 14.3. The molecule has 0 spiro atoms. The number of aryl methyl sites for hydroxylation is 2. The van der Waals surface area contributed by atoms with E-state index in [1.54, 1.807) is 0 Å². The number of para-hydroxylation sites is 1. The van der Waals surface area contributed by atoms with Gasteiger partial charge in [0.2, 0.25) is 0 Å². The molecule has 1 aromatic heterocycles. The molecular weight excluding hydrogens is 270 g/mol. The highest BCUT2D eigenvalue weighted by atomic mass is 15.3. The summed E-state index contributed by atoms with van der Waals surface area (Å²) in [6.07, 6.45) is 4.23. The molecule has 2 aromatic rings. The molecule has 2 saturated heterocycles. The van der Waals surface area contributed by atoms with Crippen LogP contribution < -0.4 is 0 Å². The first-order valence-electron chi connectivity index (χ1n) is 8.75. The summed E-state index contributed by atoms with van der Waals surface area (Å²) in [5.74, 6) is 0. The summed E-state index contributed by atoms with van der Waals surface area (Å²) in [6, 6.07) is 7.54. The van der Waals surface area contributed by atoms with Gasteiger partial charge in [0, 0.05) is 36.8 Å². The number of fused-ring (bicyclic) bond motifs is 1. The second-order valence-electron chi connectivity index (χ2n) is 7.16. The van der Waals surface area contributed by atoms with Gasteiger partial charge in [-0.2, -0.15) is 0 Å². The number of nitrogens with one attached hydrogen (secondary N) is 1. The lowest BCUT2D eigenvalue weighted by Crippen LogP contribution is -2.59. The molecule has 3 heteroatoms. The number of benzene rings is 1. The predicted octanol–water partition coefficient (Wildman–Crippen LogP) is 3.45. The zero-order valence-electron chi connectivity index (χ0n) is 13.9. The largest absolute Gasteiger partial charge is 0.358 e. The fourth-order valence-electron chi connectivity index (χ4n) is 4.10. The molecule has 3 nitrogen and oxygen atoms in total. The van der Waals surface area contributed by atoms with Gasteiger partial charge in [-0.25, -0.2) is 0 Å². The molecular formula is C19H27N3. The van der Waals surface area contributed by atoms with E-state index in [1.165, 1.54) is 73.2 Å². The quantitative estimate of drug-likeness (QED) is 0.937. The molecule has 0 amide bonds. The number of likely N-dealkylation sites (tertiary alicyclic amines) is 2. The van der Waals surface area contributed by atoms with Crippen LogP contribution in [-0.2, 0) is 6.54 Å². The normalized spacial score (nSPS) is 21.4. The second kappa shape index (κ2) is 5.71. The summed E-state index contributed by atoms with van der Waals surface area (Å²) in [5.41, 5.74) is 5.49. The van der Waals surface area contributed by atoms with E-state index in [9.17, 15) is 0 Å². The molecule has 0 unspecified atom stereocenters. The highest BCUT2D eigenvalue weighted by Crippen LogP contribution is 2.27. The van der Waals surface area contributed by atoms with Crippen molar-refractivity contribution in [2.24, 2.45) is 0 Å². The molecule has 0 atom stereocenters. The number of hydrogen-bond donors (Lipinski definition) is 1. The average Bonchev–Trinajstić information content (AvgIpc) is 2.80. The van der Waals surface area contributed by atoms with E-state index in [2.05, 4.69) is 46.8 Å². The van der Waals surface area contributed by atoms with Crippen molar-refractivity contribution in [1.82, 2.24) is 14.8 Å². The summed E-state index contributed by atoms with van der Waals surface area (Å²) >= 11 is 0. The molecule has 0 radical (unpaired) electrons. The van der Waals surface area contributed by atoms with Crippen LogP contribution in [0.1, 0.15) is 36.1 Å². The summed E-state index contributed by atoms with van der Waals surface area (Å²) in [5, 5.41) is 1.39. The van der Waals surface area contributed by atoms with Crippen LogP contribution in [0, 0.1) is 13.8 Å². The molecule has 2 aliphatic heterocycles. The number of aromatic amines is 1. The van der Waals surface area contributed by atoms with Crippen molar-refractivity contribution in [3.63, 3.8) is 0 Å². The lowest BCUT2D eigenvalue weighted by molar-refractivity contribution is 0.0188. The molecule has 2 aliphatic rings. The zero-order chi connectivity index (χ0) is 15.1. The van der Waals surface area contributed by atoms with Gasteiger partial charge in [0.1, 0.15) is 0 Å². The monoisotopic (exact) mass is 297 g/mol. The standard InChI is InChI=1S/C19H27N3/c1-14-15(2)20-19-16(7-6-8-18(14)19)11-21-12-17(13-21)22-9-4-3-5-10-22/h6-8,17,20H,3-5,9-13H2,1-2H3. The van der Waals surface area contributed by atoms with Crippen LogP contribution in [0.5, 0.6) is 0 Å². The Balaban J connectivity index is 1.44. The lowest BCUT2D eigenvalue weighted by atomic mass is 10.0. The molecule has 0 bridgehead atoms. The summed E-state index contributed by atoms with van der Waals surface area (Å²) in [7, 11) is 0. The van der Waals surface area contributed by atoms with Crippen LogP contribution >= 0.6 is 0 Å². The van der Waals surface area contributed by atoms with E-state index in [0.717, 1.165) is 12.6 Å². The Morgan fingerprint density at radius 2 is 1.86 bits per heavy atom. The van der Waals surface area contributed by atoms with E-state index in [4.69, 9.17) is 0 Å². The van der Waals surface area contributed by atoms with Crippen LogP contribution in [0.3, 0.4) is 0 Å². The van der Waals surface area contributed by atoms with E-state index < -0.39 is 0 Å². The molecule has 3 heterocycles. The number of rotatable bonds is 3. The molecule has 118 valence electrons. The average molecular weight is 297 g/mol. The molecule has 1 N–H and O–H groups in total. The second-order valence-corrected chi connectivity index (χ2v) is 7.16. The van der Waals surface area contributed by atoms with E-state index >= 15 is 0 Å². The van der Waals surface area contributed by atoms with Crippen LogP contribution in [0.2, 0.25) is 0 Å². The smallest absolute Gasteiger partial charge is 0.0504 e. The topological polar surface area (TPSA) is 22.3 Å². The van der Waals surface area contributed by atoms with Gasteiger partial charge >= 0.3 is 0 Å². The number of aromatic nitrogens is 1. The third kappa shape index (κ3) is 2.46. The van der Waals surface area contributed by atoms with Gasteiger partial charge in [0.15, 0.2) is 0 Å². The van der Waals surface area contributed by atoms with Crippen molar-refractivity contribution >= 4 is 10.9 Å². The summed E-state index contributed by atoms with van der Waals surface area (Å²) < 4.78 is 0. The molecule has 22 heavy (non-hydrogen) atoms.